The van der Waals surface area contributed by atoms with E-state index in [0.717, 1.165) is 0 Å². The van der Waals surface area contributed by atoms with Gasteiger partial charge in [0.2, 0.25) is 5.91 Å². The number of carbonyl (C=O) groups is 1. The molecule has 6 heteroatoms. The van der Waals surface area contributed by atoms with E-state index in [1.54, 1.807) is 11.8 Å². The molecule has 1 saturated heterocycles. The Kier molecular flexibility index (Phi) is 5.83. The number of nitrogens with one attached hydrogen (secondary N) is 2. The van der Waals surface area contributed by atoms with Crippen molar-refractivity contribution < 1.29 is 13.6 Å². The maximum absolute atomic E-state index is 13.9. The smallest absolute Gasteiger partial charge is 0.230 e. The lowest BCUT2D eigenvalue weighted by Crippen LogP contribution is -2.51. The minimum Gasteiger partial charge on any atom is -0.331 e. The Hall–Kier alpha value is -0.360. The molecule has 5 atom stereocenters. The van der Waals surface area contributed by atoms with Crippen molar-refractivity contribution in [1.82, 2.24) is 10.6 Å². The number of thioether (sulfide) groups is 1. The molecule has 3 nitrogen and oxygen atoms in total. The van der Waals surface area contributed by atoms with E-state index in [-0.39, 0.29) is 5.50 Å². The number of halogens is 2. The molecule has 1 heterocycles. The van der Waals surface area contributed by atoms with Gasteiger partial charge in [-0.2, -0.15) is 0 Å². The first-order valence-electron chi connectivity index (χ1n) is 9.06. The lowest BCUT2D eigenvalue weighted by Gasteiger charge is -2.30. The van der Waals surface area contributed by atoms with Gasteiger partial charge in [0.05, 0.1) is 0 Å². The highest BCUT2D eigenvalue weighted by atomic mass is 32.2. The summed E-state index contributed by atoms with van der Waals surface area (Å²) in [6.07, 6.45) is 4.80. The topological polar surface area (TPSA) is 41.1 Å². The number of hydrogen-bond donors (Lipinski definition) is 2. The van der Waals surface area contributed by atoms with Gasteiger partial charge in [0, 0.05) is 11.3 Å². The molecule has 1 amide bonds. The molecular formula is C17H28F2N2OS. The largest absolute Gasteiger partial charge is 0.331 e. The number of alkyl halides is 2. The summed E-state index contributed by atoms with van der Waals surface area (Å²) in [5.74, 6) is -0.938. The average Bonchev–Trinajstić information content (AvgIpc) is 2.88. The van der Waals surface area contributed by atoms with E-state index in [1.165, 1.54) is 32.1 Å². The maximum atomic E-state index is 13.9. The van der Waals surface area contributed by atoms with Crippen LogP contribution in [0.5, 0.6) is 0 Å². The van der Waals surface area contributed by atoms with Crippen LogP contribution in [-0.4, -0.2) is 35.0 Å². The van der Waals surface area contributed by atoms with Crippen LogP contribution >= 0.6 is 11.8 Å². The summed E-state index contributed by atoms with van der Waals surface area (Å²) in [4.78, 5) is 12.3. The van der Waals surface area contributed by atoms with Crippen LogP contribution in [0.3, 0.4) is 0 Å². The molecule has 2 saturated carbocycles. The predicted octanol–water partition coefficient (Wildman–Crippen LogP) is 3.54. The fourth-order valence-electron chi connectivity index (χ4n) is 4.38. The van der Waals surface area contributed by atoms with E-state index in [4.69, 9.17) is 0 Å². The molecule has 2 aliphatic carbocycles. The molecule has 2 N–H and O–H groups in total. The van der Waals surface area contributed by atoms with Crippen molar-refractivity contribution in [1.29, 1.82) is 0 Å². The fraction of sp³-hybridized carbons (Fsp3) is 0.941. The molecular weight excluding hydrogens is 318 g/mol. The molecule has 3 aliphatic rings. The van der Waals surface area contributed by atoms with Crippen molar-refractivity contribution in [3.63, 3.8) is 0 Å². The molecule has 1 aliphatic heterocycles. The maximum Gasteiger partial charge on any atom is 0.230 e. The lowest BCUT2D eigenvalue weighted by molar-refractivity contribution is -0.131. The monoisotopic (exact) mass is 346 g/mol. The molecule has 3 rings (SSSR count). The predicted molar refractivity (Wildman–Crippen MR) is 89.6 cm³/mol. The van der Waals surface area contributed by atoms with Crippen molar-refractivity contribution in [2.24, 2.45) is 11.8 Å². The Balaban J connectivity index is 1.55. The van der Waals surface area contributed by atoms with Gasteiger partial charge < -0.3 is 5.32 Å². The summed E-state index contributed by atoms with van der Waals surface area (Å²) < 4.78 is 27.9. The molecule has 0 aromatic carbocycles. The molecule has 3 fully saturated rings. The minimum absolute atomic E-state index is 0.217. The van der Waals surface area contributed by atoms with Gasteiger partial charge in [-0.1, -0.05) is 26.2 Å². The van der Waals surface area contributed by atoms with Crippen molar-refractivity contribution in [2.75, 3.05) is 0 Å². The second kappa shape index (κ2) is 7.68. The summed E-state index contributed by atoms with van der Waals surface area (Å²) in [5, 5.41) is 6.75. The van der Waals surface area contributed by atoms with Gasteiger partial charge in [-0.15, -0.1) is 11.8 Å². The van der Waals surface area contributed by atoms with E-state index in [0.29, 0.717) is 36.5 Å². The fourth-order valence-corrected chi connectivity index (χ4v) is 5.70. The van der Waals surface area contributed by atoms with E-state index in [1.807, 2.05) is 0 Å². The van der Waals surface area contributed by atoms with Crippen LogP contribution in [0.2, 0.25) is 0 Å². The molecule has 0 radical (unpaired) electrons. The first-order valence-corrected chi connectivity index (χ1v) is 10.0. The second-order valence-corrected chi connectivity index (χ2v) is 8.80. The van der Waals surface area contributed by atoms with Gasteiger partial charge >= 0.3 is 0 Å². The molecule has 0 bridgehead atoms. The van der Waals surface area contributed by atoms with E-state index < -0.39 is 24.2 Å². The highest BCUT2D eigenvalue weighted by Crippen LogP contribution is 2.37. The Morgan fingerprint density at radius 2 is 1.70 bits per heavy atom. The van der Waals surface area contributed by atoms with Crippen LogP contribution in [-0.2, 0) is 4.79 Å². The second-order valence-electron chi connectivity index (χ2n) is 7.31. The van der Waals surface area contributed by atoms with Crippen LogP contribution in [0.25, 0.3) is 0 Å². The number of rotatable bonds is 3. The average molecular weight is 346 g/mol. The van der Waals surface area contributed by atoms with Crippen LogP contribution in [0.15, 0.2) is 0 Å². The number of hydrogen-bond acceptors (Lipinski definition) is 3. The van der Waals surface area contributed by atoms with E-state index in [9.17, 15) is 13.6 Å². The third-order valence-corrected chi connectivity index (χ3v) is 6.92. The normalized spacial score (nSPS) is 42.6. The lowest BCUT2D eigenvalue weighted by atomic mass is 9.83. The standard InChI is InChI=1S/C17H28F2N2OS/c1-10-15(11-6-3-2-4-7-11)20-17(23-10)21-16(22)14-12(18)8-5-9-13(14)19/h10-15,17,20H,2-9H2,1H3,(H,21,22). The first-order chi connectivity index (χ1) is 11.1. The Morgan fingerprint density at radius 1 is 1.04 bits per heavy atom. The van der Waals surface area contributed by atoms with Gasteiger partial charge in [0.25, 0.3) is 0 Å². The summed E-state index contributed by atoms with van der Waals surface area (Å²) in [6.45, 7) is 2.18. The summed E-state index contributed by atoms with van der Waals surface area (Å²) in [5.41, 5.74) is -0.217. The molecule has 5 unspecified atom stereocenters. The van der Waals surface area contributed by atoms with Crippen molar-refractivity contribution in [3.8, 4) is 0 Å². The van der Waals surface area contributed by atoms with Crippen LogP contribution < -0.4 is 10.6 Å². The molecule has 132 valence electrons. The molecule has 23 heavy (non-hydrogen) atoms. The van der Waals surface area contributed by atoms with Gasteiger partial charge in [-0.25, -0.2) is 8.78 Å². The summed E-state index contributed by atoms with van der Waals surface area (Å²) in [6, 6.07) is 0.388. The van der Waals surface area contributed by atoms with Crippen molar-refractivity contribution >= 4 is 17.7 Å². The molecule has 0 spiro atoms. The van der Waals surface area contributed by atoms with Gasteiger partial charge in [0.15, 0.2) is 0 Å². The zero-order valence-electron chi connectivity index (χ0n) is 13.8. The van der Waals surface area contributed by atoms with Gasteiger partial charge in [-0.3, -0.25) is 10.1 Å². The highest BCUT2D eigenvalue weighted by molar-refractivity contribution is 8.00. The van der Waals surface area contributed by atoms with Crippen molar-refractivity contribution in [3.05, 3.63) is 0 Å². The Bertz CT molecular complexity index is 409. The zero-order chi connectivity index (χ0) is 16.4. The van der Waals surface area contributed by atoms with Crippen LogP contribution in [0, 0.1) is 11.8 Å². The minimum atomic E-state index is -1.35. The SMILES string of the molecule is CC1SC(NC(=O)C2C(F)CCCC2F)NC1C1CCCCC1. The van der Waals surface area contributed by atoms with Gasteiger partial charge in [0.1, 0.15) is 23.8 Å². The highest BCUT2D eigenvalue weighted by Gasteiger charge is 2.42. The number of amides is 1. The van der Waals surface area contributed by atoms with Crippen LogP contribution in [0.4, 0.5) is 8.78 Å². The third-order valence-electron chi connectivity index (χ3n) is 5.67. The quantitative estimate of drug-likeness (QED) is 0.821. The first kappa shape index (κ1) is 17.5. The Morgan fingerprint density at radius 3 is 2.35 bits per heavy atom. The van der Waals surface area contributed by atoms with Gasteiger partial charge in [-0.05, 0) is 38.0 Å². The number of carbonyl (C=O) groups excluding carboxylic acids is 1. The van der Waals surface area contributed by atoms with Crippen LogP contribution in [0.1, 0.15) is 58.3 Å². The van der Waals surface area contributed by atoms with Crippen molar-refractivity contribution in [2.45, 2.75) is 87.4 Å². The molecule has 0 aromatic rings. The third kappa shape index (κ3) is 4.01. The zero-order valence-corrected chi connectivity index (χ0v) is 14.6. The summed E-state index contributed by atoms with van der Waals surface area (Å²) >= 11 is 1.67. The van der Waals surface area contributed by atoms with E-state index >= 15 is 0 Å². The summed E-state index contributed by atoms with van der Waals surface area (Å²) in [7, 11) is 0. The molecule has 0 aromatic heterocycles. The van der Waals surface area contributed by atoms with E-state index in [2.05, 4.69) is 17.6 Å². The Labute approximate surface area is 141 Å².